The van der Waals surface area contributed by atoms with Gasteiger partial charge in [0.15, 0.2) is 0 Å². The number of ether oxygens (including phenoxy) is 1. The van der Waals surface area contributed by atoms with E-state index in [9.17, 15) is 9.59 Å². The number of morpholine rings is 1. The highest BCUT2D eigenvalue weighted by Crippen LogP contribution is 2.27. The van der Waals surface area contributed by atoms with Crippen molar-refractivity contribution in [2.24, 2.45) is 7.05 Å². The molecule has 0 aliphatic carbocycles. The first-order chi connectivity index (χ1) is 11.0. The van der Waals surface area contributed by atoms with E-state index in [4.69, 9.17) is 21.4 Å². The largest absolute Gasteiger partial charge is 0.481 e. The van der Waals surface area contributed by atoms with Gasteiger partial charge in [-0.2, -0.15) is 0 Å². The van der Waals surface area contributed by atoms with Crippen LogP contribution in [-0.2, 0) is 16.6 Å². The number of aliphatic carboxylic acids is 1. The number of fused-ring (bicyclic) bond motifs is 1. The summed E-state index contributed by atoms with van der Waals surface area (Å²) in [6.07, 6.45) is -0.129. The molecule has 1 aliphatic heterocycles. The van der Waals surface area contributed by atoms with Gasteiger partial charge in [0, 0.05) is 19.0 Å². The number of halogens is 1. The highest BCUT2D eigenvalue weighted by atomic mass is 35.5. The number of hydrogen-bond acceptors (Lipinski definition) is 3. The number of aryl methyl sites for hydroxylation is 1. The normalized spacial score (nSPS) is 18.3. The molecule has 1 atom stereocenters. The zero-order chi connectivity index (χ0) is 16.6. The summed E-state index contributed by atoms with van der Waals surface area (Å²) < 4.78 is 7.08. The van der Waals surface area contributed by atoms with E-state index in [0.717, 1.165) is 10.9 Å². The van der Waals surface area contributed by atoms with Crippen molar-refractivity contribution in [1.29, 1.82) is 0 Å². The van der Waals surface area contributed by atoms with Crippen LogP contribution in [0.3, 0.4) is 0 Å². The van der Waals surface area contributed by atoms with Gasteiger partial charge in [-0.3, -0.25) is 9.59 Å². The summed E-state index contributed by atoms with van der Waals surface area (Å²) in [6, 6.07) is 6.84. The SMILES string of the molecule is Cn1c(C(=O)N2CCOC[C@@H]2CC(=O)O)cc2cccc(Cl)c21. The summed E-state index contributed by atoms with van der Waals surface area (Å²) >= 11 is 6.22. The van der Waals surface area contributed by atoms with Crippen LogP contribution in [0.4, 0.5) is 0 Å². The van der Waals surface area contributed by atoms with Crippen molar-refractivity contribution in [3.63, 3.8) is 0 Å². The van der Waals surface area contributed by atoms with E-state index < -0.39 is 12.0 Å². The third-order valence-electron chi connectivity index (χ3n) is 4.12. The summed E-state index contributed by atoms with van der Waals surface area (Å²) in [4.78, 5) is 25.5. The second-order valence-corrected chi connectivity index (χ2v) is 6.00. The Bertz CT molecular complexity index is 771. The third kappa shape index (κ3) is 2.92. The number of carboxylic acids is 1. The van der Waals surface area contributed by atoms with Crippen molar-refractivity contribution in [2.45, 2.75) is 12.5 Å². The molecule has 2 aromatic rings. The van der Waals surface area contributed by atoms with Gasteiger partial charge in [0.2, 0.25) is 0 Å². The topological polar surface area (TPSA) is 71.8 Å². The van der Waals surface area contributed by atoms with Gasteiger partial charge in [-0.1, -0.05) is 23.7 Å². The van der Waals surface area contributed by atoms with E-state index in [1.165, 1.54) is 0 Å². The number of carbonyl (C=O) groups is 2. The summed E-state index contributed by atoms with van der Waals surface area (Å²) in [5.74, 6) is -1.15. The minimum absolute atomic E-state index is 0.129. The average Bonchev–Trinajstić information content (AvgIpc) is 2.85. The van der Waals surface area contributed by atoms with E-state index in [1.54, 1.807) is 28.6 Å². The van der Waals surface area contributed by atoms with Crippen molar-refractivity contribution in [3.05, 3.63) is 35.0 Å². The minimum atomic E-state index is -0.946. The first kappa shape index (κ1) is 15.8. The Kier molecular flexibility index (Phi) is 4.28. The number of para-hydroxylation sites is 1. The monoisotopic (exact) mass is 336 g/mol. The van der Waals surface area contributed by atoms with Crippen LogP contribution < -0.4 is 0 Å². The predicted octanol–water partition coefficient (Wildman–Crippen LogP) is 2.15. The lowest BCUT2D eigenvalue weighted by Crippen LogP contribution is -2.49. The second kappa shape index (κ2) is 6.22. The van der Waals surface area contributed by atoms with Crippen molar-refractivity contribution in [2.75, 3.05) is 19.8 Å². The molecule has 1 aliphatic rings. The van der Waals surface area contributed by atoms with Crippen molar-refractivity contribution in [1.82, 2.24) is 9.47 Å². The Morgan fingerprint density at radius 2 is 2.22 bits per heavy atom. The van der Waals surface area contributed by atoms with E-state index in [0.29, 0.717) is 23.9 Å². The number of nitrogens with zero attached hydrogens (tertiary/aromatic N) is 2. The first-order valence-corrected chi connectivity index (χ1v) is 7.71. The molecule has 1 amide bonds. The molecule has 2 heterocycles. The lowest BCUT2D eigenvalue weighted by molar-refractivity contribution is -0.139. The zero-order valence-electron chi connectivity index (χ0n) is 12.7. The van der Waals surface area contributed by atoms with E-state index in [-0.39, 0.29) is 18.9 Å². The third-order valence-corrected chi connectivity index (χ3v) is 4.43. The number of aromatic nitrogens is 1. The van der Waals surface area contributed by atoms with Crippen molar-refractivity contribution in [3.8, 4) is 0 Å². The van der Waals surface area contributed by atoms with Crippen LogP contribution in [0.15, 0.2) is 24.3 Å². The van der Waals surface area contributed by atoms with Crippen LogP contribution in [0, 0.1) is 0 Å². The molecule has 1 aromatic heterocycles. The van der Waals surface area contributed by atoms with Crippen molar-refractivity contribution >= 4 is 34.4 Å². The molecule has 1 fully saturated rings. The highest BCUT2D eigenvalue weighted by molar-refractivity contribution is 6.35. The lowest BCUT2D eigenvalue weighted by Gasteiger charge is -2.34. The van der Waals surface area contributed by atoms with E-state index in [1.807, 2.05) is 12.1 Å². The average molecular weight is 337 g/mol. The van der Waals surface area contributed by atoms with Gasteiger partial charge in [0.25, 0.3) is 5.91 Å². The van der Waals surface area contributed by atoms with Crippen LogP contribution in [-0.4, -0.2) is 52.3 Å². The molecule has 0 radical (unpaired) electrons. The molecule has 23 heavy (non-hydrogen) atoms. The Morgan fingerprint density at radius 3 is 2.91 bits per heavy atom. The predicted molar refractivity (Wildman–Crippen MR) is 85.8 cm³/mol. The van der Waals surface area contributed by atoms with Gasteiger partial charge in [-0.05, 0) is 12.1 Å². The summed E-state index contributed by atoms with van der Waals surface area (Å²) in [5.41, 5.74) is 1.28. The molecule has 0 spiro atoms. The minimum Gasteiger partial charge on any atom is -0.481 e. The van der Waals surface area contributed by atoms with Gasteiger partial charge in [-0.25, -0.2) is 0 Å². The molecule has 6 nitrogen and oxygen atoms in total. The molecule has 1 N–H and O–H groups in total. The number of benzene rings is 1. The van der Waals surface area contributed by atoms with Crippen LogP contribution in [0.2, 0.25) is 5.02 Å². The lowest BCUT2D eigenvalue weighted by atomic mass is 10.1. The van der Waals surface area contributed by atoms with E-state index in [2.05, 4.69) is 0 Å². The van der Waals surface area contributed by atoms with Crippen molar-refractivity contribution < 1.29 is 19.4 Å². The Hall–Kier alpha value is -2.05. The maximum atomic E-state index is 12.9. The molecule has 1 aromatic carbocycles. The standard InChI is InChI=1S/C16H17ClN2O4/c1-18-13(7-10-3-2-4-12(17)15(10)18)16(22)19-5-6-23-9-11(19)8-14(20)21/h2-4,7,11H,5-6,8-9H2,1H3,(H,20,21)/t11-/m0/s1. The number of rotatable bonds is 3. The zero-order valence-corrected chi connectivity index (χ0v) is 13.4. The van der Waals surface area contributed by atoms with Crippen LogP contribution in [0.25, 0.3) is 10.9 Å². The summed E-state index contributed by atoms with van der Waals surface area (Å²) in [7, 11) is 1.79. The number of carbonyl (C=O) groups excluding carboxylic acids is 1. The maximum Gasteiger partial charge on any atom is 0.305 e. The second-order valence-electron chi connectivity index (χ2n) is 5.59. The molecule has 0 unspecified atom stereocenters. The summed E-state index contributed by atoms with van der Waals surface area (Å²) in [6.45, 7) is 1.03. The van der Waals surface area contributed by atoms with E-state index >= 15 is 0 Å². The Balaban J connectivity index is 1.97. The molecule has 1 saturated heterocycles. The van der Waals surface area contributed by atoms with Crippen LogP contribution in [0.1, 0.15) is 16.9 Å². The molecular weight excluding hydrogens is 320 g/mol. The Morgan fingerprint density at radius 1 is 1.43 bits per heavy atom. The van der Waals surface area contributed by atoms with Gasteiger partial charge in [0.05, 0.1) is 36.2 Å². The highest BCUT2D eigenvalue weighted by Gasteiger charge is 2.31. The Labute approximate surface area is 138 Å². The van der Waals surface area contributed by atoms with Gasteiger partial charge < -0.3 is 19.3 Å². The van der Waals surface area contributed by atoms with Gasteiger partial charge in [-0.15, -0.1) is 0 Å². The molecule has 0 bridgehead atoms. The number of carboxylic acid groups (broad SMARTS) is 1. The maximum absolute atomic E-state index is 12.9. The molecule has 3 rings (SSSR count). The smallest absolute Gasteiger partial charge is 0.305 e. The van der Waals surface area contributed by atoms with Crippen LogP contribution in [0.5, 0.6) is 0 Å². The number of hydrogen-bond donors (Lipinski definition) is 1. The van der Waals surface area contributed by atoms with Crippen LogP contribution >= 0.6 is 11.6 Å². The first-order valence-electron chi connectivity index (χ1n) is 7.33. The fourth-order valence-electron chi connectivity index (χ4n) is 3.01. The number of amides is 1. The quantitative estimate of drug-likeness (QED) is 0.932. The fourth-order valence-corrected chi connectivity index (χ4v) is 3.32. The van der Waals surface area contributed by atoms with Gasteiger partial charge in [0.1, 0.15) is 5.69 Å². The molecular formula is C16H17ClN2O4. The fraction of sp³-hybridized carbons (Fsp3) is 0.375. The molecule has 122 valence electrons. The molecule has 7 heteroatoms. The van der Waals surface area contributed by atoms with Gasteiger partial charge >= 0.3 is 5.97 Å². The molecule has 0 saturated carbocycles. The summed E-state index contributed by atoms with van der Waals surface area (Å²) in [5, 5.41) is 10.5.